The summed E-state index contributed by atoms with van der Waals surface area (Å²) in [5, 5.41) is 0. The molecule has 2 heterocycles. The van der Waals surface area contributed by atoms with Crippen molar-refractivity contribution < 1.29 is 18.0 Å². The molecule has 0 aromatic carbocycles. The maximum Gasteiger partial charge on any atom is 0.280 e. The van der Waals surface area contributed by atoms with E-state index in [2.05, 4.69) is 15.0 Å². The van der Waals surface area contributed by atoms with Crippen LogP contribution in [0.1, 0.15) is 12.8 Å². The SMILES string of the molecule is CS(=O)(=O)N1CCC(C(=O)N=C2C=CC3=NC=NC(=O)C3=C2)CC1. The summed E-state index contributed by atoms with van der Waals surface area (Å²) in [5.41, 5.74) is 1.20. The quantitative estimate of drug-likeness (QED) is 0.661. The third kappa shape index (κ3) is 3.46. The number of piperidine rings is 1. The van der Waals surface area contributed by atoms with Crippen molar-refractivity contribution in [3.63, 3.8) is 0 Å². The second-order valence-corrected chi connectivity index (χ2v) is 7.75. The summed E-state index contributed by atoms with van der Waals surface area (Å²) < 4.78 is 24.3. The van der Waals surface area contributed by atoms with Crippen LogP contribution < -0.4 is 0 Å². The van der Waals surface area contributed by atoms with Crippen molar-refractivity contribution in [2.45, 2.75) is 12.8 Å². The monoisotopic (exact) mass is 348 g/mol. The van der Waals surface area contributed by atoms with Crippen LogP contribution in [-0.4, -0.2) is 61.6 Å². The molecule has 0 radical (unpaired) electrons. The molecule has 0 atom stereocenters. The average molecular weight is 348 g/mol. The normalized spacial score (nSPS) is 23.9. The molecular formula is C15H16N4O4S. The number of carbonyl (C=O) groups excluding carboxylic acids is 2. The summed E-state index contributed by atoms with van der Waals surface area (Å²) in [6, 6.07) is 0. The van der Waals surface area contributed by atoms with Gasteiger partial charge in [-0.3, -0.25) is 9.59 Å². The molecule has 126 valence electrons. The zero-order valence-electron chi connectivity index (χ0n) is 13.0. The summed E-state index contributed by atoms with van der Waals surface area (Å²) in [7, 11) is -3.22. The maximum atomic E-state index is 12.3. The summed E-state index contributed by atoms with van der Waals surface area (Å²) >= 11 is 0. The van der Waals surface area contributed by atoms with Crippen LogP contribution in [0.25, 0.3) is 0 Å². The number of sulfonamides is 1. The third-order valence-electron chi connectivity index (χ3n) is 4.09. The van der Waals surface area contributed by atoms with Gasteiger partial charge in [0, 0.05) is 19.0 Å². The van der Waals surface area contributed by atoms with Crippen LogP contribution in [0.2, 0.25) is 0 Å². The number of hydrogen-bond acceptors (Lipinski definition) is 5. The van der Waals surface area contributed by atoms with Gasteiger partial charge in [-0.05, 0) is 31.1 Å². The highest BCUT2D eigenvalue weighted by Gasteiger charge is 2.29. The molecule has 8 nitrogen and oxygen atoms in total. The van der Waals surface area contributed by atoms with E-state index in [0.29, 0.717) is 42.9 Å². The van der Waals surface area contributed by atoms with Crippen molar-refractivity contribution in [1.82, 2.24) is 4.31 Å². The van der Waals surface area contributed by atoms with E-state index in [1.54, 1.807) is 12.2 Å². The molecule has 1 aliphatic carbocycles. The van der Waals surface area contributed by atoms with Crippen LogP contribution in [0.4, 0.5) is 0 Å². The Kier molecular flexibility index (Phi) is 4.37. The smallest absolute Gasteiger partial charge is 0.272 e. The average Bonchev–Trinajstić information content (AvgIpc) is 2.55. The van der Waals surface area contributed by atoms with Crippen LogP contribution in [0.15, 0.2) is 38.8 Å². The summed E-state index contributed by atoms with van der Waals surface area (Å²) in [4.78, 5) is 35.6. The van der Waals surface area contributed by atoms with Gasteiger partial charge in [0.2, 0.25) is 15.9 Å². The van der Waals surface area contributed by atoms with Crippen LogP contribution in [0.5, 0.6) is 0 Å². The molecule has 2 aliphatic heterocycles. The molecule has 0 N–H and O–H groups in total. The minimum atomic E-state index is -3.22. The molecule has 0 spiro atoms. The van der Waals surface area contributed by atoms with Gasteiger partial charge in [0.1, 0.15) is 6.34 Å². The van der Waals surface area contributed by atoms with Gasteiger partial charge in [-0.25, -0.2) is 22.7 Å². The van der Waals surface area contributed by atoms with E-state index in [9.17, 15) is 18.0 Å². The molecular weight excluding hydrogens is 332 g/mol. The van der Waals surface area contributed by atoms with E-state index >= 15 is 0 Å². The zero-order chi connectivity index (χ0) is 17.3. The highest BCUT2D eigenvalue weighted by atomic mass is 32.2. The highest BCUT2D eigenvalue weighted by Crippen LogP contribution is 2.21. The Morgan fingerprint density at radius 3 is 2.67 bits per heavy atom. The van der Waals surface area contributed by atoms with Crippen molar-refractivity contribution in [2.24, 2.45) is 20.9 Å². The van der Waals surface area contributed by atoms with Gasteiger partial charge in [0.25, 0.3) is 5.91 Å². The summed E-state index contributed by atoms with van der Waals surface area (Å²) in [6.07, 6.45) is 7.99. The lowest BCUT2D eigenvalue weighted by atomic mass is 9.97. The molecule has 0 aromatic heterocycles. The second-order valence-electron chi connectivity index (χ2n) is 5.77. The minimum absolute atomic E-state index is 0.299. The van der Waals surface area contributed by atoms with Crippen LogP contribution >= 0.6 is 0 Å². The molecule has 9 heteroatoms. The van der Waals surface area contributed by atoms with E-state index in [0.717, 1.165) is 6.26 Å². The third-order valence-corrected chi connectivity index (χ3v) is 5.40. The fourth-order valence-electron chi connectivity index (χ4n) is 2.74. The first-order valence-electron chi connectivity index (χ1n) is 7.47. The number of aliphatic imine (C=N–C) groups is 3. The standard InChI is InChI=1S/C15H16N4O4S/c1-24(22,23)19-6-4-10(5-7-19)14(20)18-11-2-3-13-12(8-11)15(21)17-9-16-13/h2-3,8-10H,4-7H2,1H3. The number of amides is 2. The topological polar surface area (TPSA) is 109 Å². The number of rotatable bonds is 2. The fraction of sp³-hybridized carbons (Fsp3) is 0.400. The summed E-state index contributed by atoms with van der Waals surface area (Å²) in [5.74, 6) is -1.02. The van der Waals surface area contributed by atoms with Crippen molar-refractivity contribution >= 4 is 39.6 Å². The molecule has 0 saturated carbocycles. The summed E-state index contributed by atoms with van der Waals surface area (Å²) in [6.45, 7) is 0.641. The van der Waals surface area contributed by atoms with Crippen LogP contribution in [0, 0.1) is 5.92 Å². The van der Waals surface area contributed by atoms with E-state index < -0.39 is 15.9 Å². The Morgan fingerprint density at radius 1 is 1.29 bits per heavy atom. The minimum Gasteiger partial charge on any atom is -0.272 e. The molecule has 3 aliphatic rings. The van der Waals surface area contributed by atoms with Gasteiger partial charge >= 0.3 is 0 Å². The molecule has 0 aromatic rings. The first-order chi connectivity index (χ1) is 11.3. The fourth-order valence-corrected chi connectivity index (χ4v) is 3.62. The van der Waals surface area contributed by atoms with Gasteiger partial charge in [-0.15, -0.1) is 0 Å². The maximum absolute atomic E-state index is 12.3. The molecule has 24 heavy (non-hydrogen) atoms. The number of allylic oxidation sites excluding steroid dienone is 3. The van der Waals surface area contributed by atoms with Crippen LogP contribution in [0.3, 0.4) is 0 Å². The Balaban J connectivity index is 1.70. The lowest BCUT2D eigenvalue weighted by molar-refractivity contribution is -0.122. The van der Waals surface area contributed by atoms with E-state index in [4.69, 9.17) is 0 Å². The predicted octanol–water partition coefficient (Wildman–Crippen LogP) is 0.131. The number of nitrogens with zero attached hydrogens (tertiary/aromatic N) is 4. The molecule has 0 unspecified atom stereocenters. The lowest BCUT2D eigenvalue weighted by Crippen LogP contribution is -2.39. The first-order valence-corrected chi connectivity index (χ1v) is 9.32. The number of carbonyl (C=O) groups is 2. The van der Waals surface area contributed by atoms with Gasteiger partial charge in [-0.1, -0.05) is 0 Å². The van der Waals surface area contributed by atoms with Gasteiger partial charge in [-0.2, -0.15) is 4.99 Å². The van der Waals surface area contributed by atoms with E-state index in [-0.39, 0.29) is 11.8 Å². The van der Waals surface area contributed by atoms with Crippen molar-refractivity contribution in [3.05, 3.63) is 23.8 Å². The van der Waals surface area contributed by atoms with Crippen molar-refractivity contribution in [2.75, 3.05) is 19.3 Å². The Bertz CT molecular complexity index is 841. The second kappa shape index (κ2) is 6.33. The molecule has 1 saturated heterocycles. The molecule has 3 rings (SSSR count). The van der Waals surface area contributed by atoms with Crippen molar-refractivity contribution in [3.8, 4) is 0 Å². The highest BCUT2D eigenvalue weighted by molar-refractivity contribution is 7.88. The zero-order valence-corrected chi connectivity index (χ0v) is 13.9. The molecule has 1 fully saturated rings. The van der Waals surface area contributed by atoms with Crippen LogP contribution in [-0.2, 0) is 19.6 Å². The van der Waals surface area contributed by atoms with Crippen molar-refractivity contribution in [1.29, 1.82) is 0 Å². The largest absolute Gasteiger partial charge is 0.280 e. The predicted molar refractivity (Wildman–Crippen MR) is 89.7 cm³/mol. The molecule has 2 amide bonds. The van der Waals surface area contributed by atoms with Gasteiger partial charge in [0.05, 0.1) is 23.3 Å². The Morgan fingerprint density at radius 2 is 2.00 bits per heavy atom. The van der Waals surface area contributed by atoms with E-state index in [1.165, 1.54) is 16.7 Å². The number of hydrogen-bond donors (Lipinski definition) is 0. The first kappa shape index (κ1) is 16.6. The Labute approximate surface area is 139 Å². The van der Waals surface area contributed by atoms with Gasteiger partial charge < -0.3 is 0 Å². The molecule has 0 bridgehead atoms. The lowest BCUT2D eigenvalue weighted by Gasteiger charge is -2.28. The van der Waals surface area contributed by atoms with E-state index in [1.807, 2.05) is 0 Å². The van der Waals surface area contributed by atoms with Gasteiger partial charge in [0.15, 0.2) is 0 Å². The Hall–Kier alpha value is -2.26. The number of fused-ring (bicyclic) bond motifs is 1.